The zero-order chi connectivity index (χ0) is 24.2. The number of nitrogens with zero attached hydrogens (tertiary/aromatic N) is 3. The van der Waals surface area contributed by atoms with Gasteiger partial charge in [-0.15, -0.1) is 0 Å². The minimum absolute atomic E-state index is 0.0108. The first-order valence-electron chi connectivity index (χ1n) is 11.4. The lowest BCUT2D eigenvalue weighted by molar-refractivity contribution is -0.124. The maximum absolute atomic E-state index is 14.3. The molecule has 1 fully saturated rings. The molecule has 0 unspecified atom stereocenters. The topological polar surface area (TPSA) is 121 Å². The average molecular weight is 469 g/mol. The van der Waals surface area contributed by atoms with Gasteiger partial charge in [0, 0.05) is 41.6 Å². The molecule has 3 aromatic rings. The van der Waals surface area contributed by atoms with Crippen LogP contribution in [0.15, 0.2) is 36.9 Å². The van der Waals surface area contributed by atoms with Crippen LogP contribution in [0.5, 0.6) is 0 Å². The number of aliphatic hydroxyl groups is 1. The number of carbonyl (C=O) groups excluding carboxylic acids is 2. The average Bonchev–Trinajstić information content (AvgIpc) is 3.25. The first kappa shape index (κ1) is 23.6. The van der Waals surface area contributed by atoms with Gasteiger partial charge in [-0.25, -0.2) is 8.91 Å². The Labute approximate surface area is 196 Å². The van der Waals surface area contributed by atoms with E-state index in [9.17, 15) is 14.0 Å². The smallest absolute Gasteiger partial charge is 0.255 e. The van der Waals surface area contributed by atoms with Crippen LogP contribution in [0.4, 0.5) is 10.1 Å². The fourth-order valence-electron chi connectivity index (χ4n) is 4.34. The summed E-state index contributed by atoms with van der Waals surface area (Å²) in [4.78, 5) is 28.4. The molecular formula is C24H29FN6O3. The second-order valence-electron chi connectivity index (χ2n) is 8.89. The van der Waals surface area contributed by atoms with E-state index in [1.165, 1.54) is 18.6 Å². The van der Waals surface area contributed by atoms with E-state index in [0.29, 0.717) is 27.9 Å². The largest absolute Gasteiger partial charge is 0.387 e. The number of anilines is 1. The van der Waals surface area contributed by atoms with E-state index in [4.69, 9.17) is 5.11 Å². The Balaban J connectivity index is 1.56. The standard InChI is InChI=1S/C24H29FN6O3/c1-14(2)28-23-19(24(34)30-17-5-3-16(4-6-17)29-22(33)13-32)10-27-31-12-15(9-21(23)31)18-7-8-26-11-20(18)25/h7-12,14,16-17,28,32H,3-6,13H2,1-2H3,(H,29,33)(H,30,34). The SMILES string of the molecule is CC(C)Nc1c(C(=O)NC2CCC(NC(=O)CO)CC2)cnn2cc(-c3ccncc3F)cc12. The van der Waals surface area contributed by atoms with E-state index in [1.807, 2.05) is 19.9 Å². The van der Waals surface area contributed by atoms with Crippen molar-refractivity contribution in [3.05, 3.63) is 48.3 Å². The van der Waals surface area contributed by atoms with Crippen molar-refractivity contribution < 1.29 is 19.1 Å². The Morgan fingerprint density at radius 3 is 2.53 bits per heavy atom. The number of nitrogens with one attached hydrogen (secondary N) is 3. The summed E-state index contributed by atoms with van der Waals surface area (Å²) < 4.78 is 15.9. The summed E-state index contributed by atoms with van der Waals surface area (Å²) in [6, 6.07) is 3.45. The summed E-state index contributed by atoms with van der Waals surface area (Å²) >= 11 is 0. The molecule has 3 heterocycles. The highest BCUT2D eigenvalue weighted by atomic mass is 19.1. The van der Waals surface area contributed by atoms with Gasteiger partial charge in [-0.1, -0.05) is 0 Å². The molecule has 9 nitrogen and oxygen atoms in total. The number of hydrogen-bond acceptors (Lipinski definition) is 6. The van der Waals surface area contributed by atoms with Crippen LogP contribution < -0.4 is 16.0 Å². The molecule has 2 amide bonds. The molecule has 1 saturated carbocycles. The third-order valence-corrected chi connectivity index (χ3v) is 5.97. The minimum Gasteiger partial charge on any atom is -0.387 e. The van der Waals surface area contributed by atoms with Crippen molar-refractivity contribution in [2.24, 2.45) is 0 Å². The summed E-state index contributed by atoms with van der Waals surface area (Å²) in [5.74, 6) is -1.05. The third-order valence-electron chi connectivity index (χ3n) is 5.97. The van der Waals surface area contributed by atoms with Gasteiger partial charge in [-0.3, -0.25) is 14.6 Å². The quantitative estimate of drug-likeness (QED) is 0.423. The van der Waals surface area contributed by atoms with Crippen LogP contribution in [-0.4, -0.2) is 56.3 Å². The van der Waals surface area contributed by atoms with Crippen molar-refractivity contribution in [2.75, 3.05) is 11.9 Å². The van der Waals surface area contributed by atoms with Crippen LogP contribution in [0.1, 0.15) is 49.9 Å². The number of hydrogen-bond donors (Lipinski definition) is 4. The fourth-order valence-corrected chi connectivity index (χ4v) is 4.34. The zero-order valence-electron chi connectivity index (χ0n) is 19.2. The monoisotopic (exact) mass is 468 g/mol. The normalized spacial score (nSPS) is 18.1. The van der Waals surface area contributed by atoms with Crippen molar-refractivity contribution in [3.8, 4) is 11.1 Å². The number of fused-ring (bicyclic) bond motifs is 1. The lowest BCUT2D eigenvalue weighted by atomic mass is 9.91. The van der Waals surface area contributed by atoms with Gasteiger partial charge in [0.15, 0.2) is 0 Å². The summed E-state index contributed by atoms with van der Waals surface area (Å²) in [6.45, 7) is 3.44. The highest BCUT2D eigenvalue weighted by molar-refractivity contribution is 6.03. The fraction of sp³-hybridized carbons (Fsp3) is 0.417. The Bertz CT molecular complexity index is 1190. The van der Waals surface area contributed by atoms with Crippen molar-refractivity contribution >= 4 is 23.0 Å². The molecule has 0 aromatic carbocycles. The van der Waals surface area contributed by atoms with Gasteiger partial charge in [-0.2, -0.15) is 5.10 Å². The predicted molar refractivity (Wildman–Crippen MR) is 126 cm³/mol. The molecule has 0 bridgehead atoms. The second-order valence-corrected chi connectivity index (χ2v) is 8.89. The number of aromatic nitrogens is 3. The number of amides is 2. The van der Waals surface area contributed by atoms with Crippen LogP contribution in [-0.2, 0) is 4.79 Å². The Morgan fingerprint density at radius 2 is 1.88 bits per heavy atom. The maximum atomic E-state index is 14.3. The van der Waals surface area contributed by atoms with Crippen molar-refractivity contribution in [1.29, 1.82) is 0 Å². The van der Waals surface area contributed by atoms with E-state index in [1.54, 1.807) is 16.8 Å². The molecule has 0 saturated heterocycles. The highest BCUT2D eigenvalue weighted by Crippen LogP contribution is 2.30. The Morgan fingerprint density at radius 1 is 1.18 bits per heavy atom. The van der Waals surface area contributed by atoms with E-state index < -0.39 is 12.4 Å². The summed E-state index contributed by atoms with van der Waals surface area (Å²) in [7, 11) is 0. The maximum Gasteiger partial charge on any atom is 0.255 e. The molecule has 180 valence electrons. The molecule has 0 aliphatic heterocycles. The summed E-state index contributed by atoms with van der Waals surface area (Å²) in [6.07, 6.45) is 8.85. The summed E-state index contributed by atoms with van der Waals surface area (Å²) in [5.41, 5.74) is 2.76. The molecule has 34 heavy (non-hydrogen) atoms. The number of carbonyl (C=O) groups is 2. The Kier molecular flexibility index (Phi) is 7.06. The zero-order valence-corrected chi connectivity index (χ0v) is 19.2. The molecule has 10 heteroatoms. The van der Waals surface area contributed by atoms with Crippen molar-refractivity contribution in [1.82, 2.24) is 25.2 Å². The van der Waals surface area contributed by atoms with Crippen LogP contribution >= 0.6 is 0 Å². The van der Waals surface area contributed by atoms with Crippen molar-refractivity contribution in [3.63, 3.8) is 0 Å². The molecule has 1 aliphatic rings. The molecule has 0 atom stereocenters. The number of pyridine rings is 1. The van der Waals surface area contributed by atoms with Gasteiger partial charge in [-0.05, 0) is 51.7 Å². The van der Waals surface area contributed by atoms with Gasteiger partial charge in [0.2, 0.25) is 5.91 Å². The number of rotatable bonds is 7. The van der Waals surface area contributed by atoms with Crippen molar-refractivity contribution in [2.45, 2.75) is 57.7 Å². The Hall–Kier alpha value is -3.53. The molecule has 3 aromatic heterocycles. The molecule has 4 N–H and O–H groups in total. The second kappa shape index (κ2) is 10.2. The third kappa shape index (κ3) is 5.17. The minimum atomic E-state index is -0.521. The first-order chi connectivity index (χ1) is 16.4. The molecule has 0 radical (unpaired) electrons. The molecule has 4 rings (SSSR count). The number of aliphatic hydroxyl groups excluding tert-OH is 1. The van der Waals surface area contributed by atoms with E-state index >= 15 is 0 Å². The molecular weight excluding hydrogens is 439 g/mol. The van der Waals surface area contributed by atoms with Gasteiger partial charge >= 0.3 is 0 Å². The van der Waals surface area contributed by atoms with Gasteiger partial charge in [0.1, 0.15) is 12.4 Å². The summed E-state index contributed by atoms with van der Waals surface area (Å²) in [5, 5.41) is 22.5. The van der Waals surface area contributed by atoms with Crippen LogP contribution in [0.25, 0.3) is 16.6 Å². The highest BCUT2D eigenvalue weighted by Gasteiger charge is 2.25. The lowest BCUT2D eigenvalue weighted by Crippen LogP contribution is -2.44. The van der Waals surface area contributed by atoms with Crippen LogP contribution in [0, 0.1) is 5.82 Å². The van der Waals surface area contributed by atoms with Gasteiger partial charge in [0.25, 0.3) is 5.91 Å². The van der Waals surface area contributed by atoms with Crippen LogP contribution in [0.2, 0.25) is 0 Å². The van der Waals surface area contributed by atoms with Gasteiger partial charge < -0.3 is 21.1 Å². The first-order valence-corrected chi connectivity index (χ1v) is 11.4. The van der Waals surface area contributed by atoms with Gasteiger partial charge in [0.05, 0.1) is 29.2 Å². The molecule has 0 spiro atoms. The van der Waals surface area contributed by atoms with E-state index in [0.717, 1.165) is 25.7 Å². The van der Waals surface area contributed by atoms with Crippen LogP contribution in [0.3, 0.4) is 0 Å². The molecule has 1 aliphatic carbocycles. The predicted octanol–water partition coefficient (Wildman–Crippen LogP) is 2.51. The number of halogens is 1. The lowest BCUT2D eigenvalue weighted by Gasteiger charge is -2.29. The van der Waals surface area contributed by atoms with E-state index in [2.05, 4.69) is 26.0 Å². The van der Waals surface area contributed by atoms with E-state index in [-0.39, 0.29) is 29.9 Å².